The lowest BCUT2D eigenvalue weighted by molar-refractivity contribution is -0.121. The van der Waals surface area contributed by atoms with Crippen LogP contribution in [0.25, 0.3) is 10.9 Å². The quantitative estimate of drug-likeness (QED) is 0.700. The minimum Gasteiger partial charge on any atom is -0.355 e. The Kier molecular flexibility index (Phi) is 7.18. The van der Waals surface area contributed by atoms with Gasteiger partial charge in [-0.15, -0.1) is 0 Å². The zero-order valence-corrected chi connectivity index (χ0v) is 16.0. The van der Waals surface area contributed by atoms with Gasteiger partial charge in [0.05, 0.1) is 10.9 Å². The first kappa shape index (κ1) is 19.9. The number of unbranched alkanes of at least 4 members (excludes halogenated alkanes) is 3. The van der Waals surface area contributed by atoms with E-state index in [1.165, 1.54) is 0 Å². The third-order valence-corrected chi connectivity index (χ3v) is 4.60. The Morgan fingerprint density at radius 1 is 1.04 bits per heavy atom. The van der Waals surface area contributed by atoms with Crippen molar-refractivity contribution in [1.82, 2.24) is 14.5 Å². The summed E-state index contributed by atoms with van der Waals surface area (Å²) in [5.74, 6) is -0.300. The number of benzene rings is 1. The predicted octanol–water partition coefficient (Wildman–Crippen LogP) is 2.58. The van der Waals surface area contributed by atoms with Gasteiger partial charge >= 0.3 is 5.69 Å². The van der Waals surface area contributed by atoms with Crippen molar-refractivity contribution in [1.29, 1.82) is 0 Å². The van der Waals surface area contributed by atoms with Gasteiger partial charge in [0.15, 0.2) is 0 Å². The van der Waals surface area contributed by atoms with Gasteiger partial charge in [-0.1, -0.05) is 45.2 Å². The summed E-state index contributed by atoms with van der Waals surface area (Å²) in [5.41, 5.74) is 0.672. The number of carbonyl (C=O) groups excluding carboxylic acids is 1. The number of nitrogens with one attached hydrogen (secondary N) is 1. The number of nitrogens with zero attached hydrogens (tertiary/aromatic N) is 2. The molecule has 1 aromatic carbocycles. The summed E-state index contributed by atoms with van der Waals surface area (Å²) < 4.78 is 2.71. The smallest absolute Gasteiger partial charge is 0.331 e. The molecular weight excluding hydrogens is 330 g/mol. The molecule has 0 aliphatic heterocycles. The molecule has 1 N–H and O–H groups in total. The van der Waals surface area contributed by atoms with E-state index in [1.807, 2.05) is 32.0 Å². The Balaban J connectivity index is 2.49. The van der Waals surface area contributed by atoms with Crippen LogP contribution in [0.5, 0.6) is 0 Å². The SMILES string of the molecule is CCCCCn1c(=O)n(CC(=O)NCCCC)c(=O)c2c(C)cccc21. The van der Waals surface area contributed by atoms with Crippen molar-refractivity contribution in [3.8, 4) is 0 Å². The molecule has 0 spiro atoms. The second-order valence-electron chi connectivity index (χ2n) is 6.71. The van der Waals surface area contributed by atoms with E-state index in [0.29, 0.717) is 24.0 Å². The summed E-state index contributed by atoms with van der Waals surface area (Å²) in [7, 11) is 0. The van der Waals surface area contributed by atoms with Crippen molar-refractivity contribution >= 4 is 16.8 Å². The Morgan fingerprint density at radius 2 is 1.77 bits per heavy atom. The lowest BCUT2D eigenvalue weighted by Gasteiger charge is -2.15. The first-order valence-corrected chi connectivity index (χ1v) is 9.50. The Morgan fingerprint density at radius 3 is 2.46 bits per heavy atom. The van der Waals surface area contributed by atoms with E-state index in [4.69, 9.17) is 0 Å². The lowest BCUT2D eigenvalue weighted by Crippen LogP contribution is -2.44. The van der Waals surface area contributed by atoms with Crippen LogP contribution in [0, 0.1) is 6.92 Å². The summed E-state index contributed by atoms with van der Waals surface area (Å²) in [6, 6.07) is 5.52. The maximum absolute atomic E-state index is 12.9. The van der Waals surface area contributed by atoms with Gasteiger partial charge in [0, 0.05) is 13.1 Å². The monoisotopic (exact) mass is 359 g/mol. The van der Waals surface area contributed by atoms with Gasteiger partial charge in [-0.2, -0.15) is 0 Å². The van der Waals surface area contributed by atoms with E-state index in [1.54, 1.807) is 4.57 Å². The first-order chi connectivity index (χ1) is 12.5. The summed E-state index contributed by atoms with van der Waals surface area (Å²) in [6.45, 7) is 6.87. The summed E-state index contributed by atoms with van der Waals surface area (Å²) in [4.78, 5) is 38.0. The highest BCUT2D eigenvalue weighted by Gasteiger charge is 2.16. The molecule has 0 aliphatic rings. The molecule has 0 saturated heterocycles. The van der Waals surface area contributed by atoms with Crippen molar-refractivity contribution < 1.29 is 4.79 Å². The van der Waals surface area contributed by atoms with Gasteiger partial charge < -0.3 is 5.32 Å². The molecule has 6 heteroatoms. The van der Waals surface area contributed by atoms with Crippen LogP contribution in [-0.2, 0) is 17.9 Å². The van der Waals surface area contributed by atoms with Crippen LogP contribution in [0.2, 0.25) is 0 Å². The molecule has 1 aromatic heterocycles. The van der Waals surface area contributed by atoms with Crippen LogP contribution in [-0.4, -0.2) is 21.6 Å². The van der Waals surface area contributed by atoms with Gasteiger partial charge in [0.1, 0.15) is 6.54 Å². The number of fused-ring (bicyclic) bond motifs is 1. The molecule has 1 heterocycles. The molecule has 1 amide bonds. The van der Waals surface area contributed by atoms with Gasteiger partial charge in [0.25, 0.3) is 5.56 Å². The van der Waals surface area contributed by atoms with Crippen LogP contribution in [0.4, 0.5) is 0 Å². The standard InChI is InChI=1S/C20H29N3O3/c1-4-6-8-13-22-16-11-9-10-15(3)18(16)19(25)23(20(22)26)14-17(24)21-12-7-5-2/h9-11H,4-8,12-14H2,1-3H3,(H,21,24). The van der Waals surface area contributed by atoms with Crippen molar-refractivity contribution in [2.24, 2.45) is 0 Å². The third-order valence-electron chi connectivity index (χ3n) is 4.60. The van der Waals surface area contributed by atoms with Crippen LogP contribution < -0.4 is 16.6 Å². The van der Waals surface area contributed by atoms with Crippen molar-refractivity contribution in [2.75, 3.05) is 6.54 Å². The molecule has 0 saturated carbocycles. The average Bonchev–Trinajstić information content (AvgIpc) is 2.61. The van der Waals surface area contributed by atoms with E-state index >= 15 is 0 Å². The van der Waals surface area contributed by atoms with Crippen molar-refractivity contribution in [3.05, 3.63) is 44.6 Å². The highest BCUT2D eigenvalue weighted by molar-refractivity contribution is 5.82. The van der Waals surface area contributed by atoms with Gasteiger partial charge in [-0.25, -0.2) is 4.79 Å². The number of rotatable bonds is 9. The third kappa shape index (κ3) is 4.42. The molecule has 0 radical (unpaired) electrons. The average molecular weight is 359 g/mol. The van der Waals surface area contributed by atoms with Crippen LogP contribution in [0.15, 0.2) is 27.8 Å². The van der Waals surface area contributed by atoms with Crippen molar-refractivity contribution in [3.63, 3.8) is 0 Å². The van der Waals surface area contributed by atoms with Gasteiger partial charge in [0.2, 0.25) is 5.91 Å². The number of aryl methyl sites for hydroxylation is 2. The molecule has 2 aromatic rings. The number of hydrogen-bond acceptors (Lipinski definition) is 3. The fourth-order valence-electron chi connectivity index (χ4n) is 3.11. The van der Waals surface area contributed by atoms with Gasteiger partial charge in [-0.05, 0) is 31.4 Å². The topological polar surface area (TPSA) is 73.1 Å². The number of amides is 1. The molecule has 142 valence electrons. The maximum Gasteiger partial charge on any atom is 0.331 e. The molecule has 2 rings (SSSR count). The molecular formula is C20H29N3O3. The minimum atomic E-state index is -0.408. The van der Waals surface area contributed by atoms with Crippen LogP contribution in [0.1, 0.15) is 51.5 Å². The van der Waals surface area contributed by atoms with E-state index in [-0.39, 0.29) is 18.0 Å². The zero-order chi connectivity index (χ0) is 19.1. The Labute approximate surface area is 153 Å². The summed E-state index contributed by atoms with van der Waals surface area (Å²) in [6.07, 6.45) is 4.76. The molecule has 0 aliphatic carbocycles. The second kappa shape index (κ2) is 9.36. The largest absolute Gasteiger partial charge is 0.355 e. The zero-order valence-electron chi connectivity index (χ0n) is 16.0. The molecule has 0 atom stereocenters. The fourth-order valence-corrected chi connectivity index (χ4v) is 3.11. The van der Waals surface area contributed by atoms with E-state index < -0.39 is 5.69 Å². The molecule has 26 heavy (non-hydrogen) atoms. The number of carbonyl (C=O) groups is 1. The Bertz CT molecular complexity index is 880. The first-order valence-electron chi connectivity index (χ1n) is 9.50. The molecule has 0 unspecified atom stereocenters. The number of aromatic nitrogens is 2. The maximum atomic E-state index is 12.9. The van der Waals surface area contributed by atoms with E-state index in [0.717, 1.165) is 42.2 Å². The minimum absolute atomic E-state index is 0.237. The fraction of sp³-hybridized carbons (Fsp3) is 0.550. The summed E-state index contributed by atoms with van der Waals surface area (Å²) >= 11 is 0. The second-order valence-corrected chi connectivity index (χ2v) is 6.71. The molecule has 0 bridgehead atoms. The van der Waals surface area contributed by atoms with Crippen molar-refractivity contribution in [2.45, 2.75) is 66.0 Å². The van der Waals surface area contributed by atoms with E-state index in [9.17, 15) is 14.4 Å². The molecule has 6 nitrogen and oxygen atoms in total. The lowest BCUT2D eigenvalue weighted by atomic mass is 10.1. The Hall–Kier alpha value is -2.37. The molecule has 0 fully saturated rings. The van der Waals surface area contributed by atoms with Gasteiger partial charge in [-0.3, -0.25) is 18.7 Å². The van der Waals surface area contributed by atoms with Crippen LogP contribution >= 0.6 is 0 Å². The predicted molar refractivity (Wildman–Crippen MR) is 105 cm³/mol. The number of hydrogen-bond donors (Lipinski definition) is 1. The highest BCUT2D eigenvalue weighted by atomic mass is 16.2. The van der Waals surface area contributed by atoms with Crippen LogP contribution in [0.3, 0.4) is 0 Å². The highest BCUT2D eigenvalue weighted by Crippen LogP contribution is 2.13. The van der Waals surface area contributed by atoms with E-state index in [2.05, 4.69) is 12.2 Å². The summed E-state index contributed by atoms with van der Waals surface area (Å²) in [5, 5.41) is 3.29. The normalized spacial score (nSPS) is 11.0.